The smallest absolute Gasteiger partial charge is 0.434 e. The predicted molar refractivity (Wildman–Crippen MR) is 148 cm³/mol. The molecule has 1 aliphatic rings. The monoisotopic (exact) mass is 702 g/mol. The molecule has 0 amide bonds. The fraction of sp³-hybridized carbons (Fsp3) is 0.192. The topological polar surface area (TPSA) is 69.9 Å². The molecular weight excluding hydrogens is 689 g/mol. The van der Waals surface area contributed by atoms with Gasteiger partial charge in [0.05, 0.1) is 31.7 Å². The quantitative estimate of drug-likeness (QED) is 0.250. The minimum absolute atomic E-state index is 0.0319. The maximum absolute atomic E-state index is 14.2. The van der Waals surface area contributed by atoms with Crippen molar-refractivity contribution < 1.29 is 27.4 Å². The second-order valence-corrected chi connectivity index (χ2v) is 11.1. The van der Waals surface area contributed by atoms with Crippen LogP contribution in [0.5, 0.6) is 5.75 Å². The lowest BCUT2D eigenvalue weighted by Crippen LogP contribution is -2.41. The highest BCUT2D eigenvalue weighted by molar-refractivity contribution is 9.11. The molecule has 0 N–H and O–H groups in total. The third kappa shape index (κ3) is 6.01. The molecule has 0 spiro atoms. The molecule has 2 aromatic carbocycles. The van der Waals surface area contributed by atoms with Crippen molar-refractivity contribution >= 4 is 66.8 Å². The standard InChI is InChI=1S/C26H16Br2ClF3N2O4S/c1-3-9-38-21-16(27)10-13(11-17(21)28)12-18-23(35)34-20(14-5-7-15(29)8-6-14)19(24(36)37-4-2)22(26(30,31)32)33-25(34)39-18/h1,5-8,10-12,20H,4,9H2,2H3/b18-12-/t20-/m0/s1. The molecule has 0 fully saturated rings. The van der Waals surface area contributed by atoms with E-state index in [2.05, 4.69) is 42.8 Å². The number of ether oxygens (including phenoxy) is 2. The Morgan fingerprint density at radius 3 is 2.46 bits per heavy atom. The fourth-order valence-electron chi connectivity index (χ4n) is 3.87. The lowest BCUT2D eigenvalue weighted by molar-refractivity contribution is -0.140. The first-order valence-electron chi connectivity index (χ1n) is 11.1. The van der Waals surface area contributed by atoms with Crippen LogP contribution in [0.1, 0.15) is 24.1 Å². The first-order chi connectivity index (χ1) is 18.5. The minimum atomic E-state index is -4.99. The van der Waals surface area contributed by atoms with Crippen LogP contribution in [-0.2, 0) is 9.53 Å². The number of benzene rings is 2. The molecule has 0 saturated heterocycles. The number of nitrogens with zero attached hydrogens (tertiary/aromatic N) is 2. The van der Waals surface area contributed by atoms with Gasteiger partial charge in [0.1, 0.15) is 12.4 Å². The van der Waals surface area contributed by atoms with Crippen LogP contribution in [0.4, 0.5) is 13.2 Å². The number of carbonyl (C=O) groups is 1. The second kappa shape index (κ2) is 11.7. The molecule has 6 nitrogen and oxygen atoms in total. The fourth-order valence-corrected chi connectivity index (χ4v) is 6.44. The summed E-state index contributed by atoms with van der Waals surface area (Å²) in [6.45, 7) is 1.33. The third-order valence-corrected chi connectivity index (χ3v) is 7.81. The van der Waals surface area contributed by atoms with Crippen LogP contribution in [0.3, 0.4) is 0 Å². The second-order valence-electron chi connectivity index (χ2n) is 7.92. The minimum Gasteiger partial charge on any atom is -0.479 e. The number of aromatic nitrogens is 1. The zero-order chi connectivity index (χ0) is 28.5. The van der Waals surface area contributed by atoms with Crippen LogP contribution in [-0.4, -0.2) is 29.9 Å². The van der Waals surface area contributed by atoms with Gasteiger partial charge in [-0.2, -0.15) is 13.2 Å². The van der Waals surface area contributed by atoms with Crippen LogP contribution >= 0.6 is 54.8 Å². The number of thiazole rings is 1. The molecule has 0 unspecified atom stereocenters. The highest BCUT2D eigenvalue weighted by atomic mass is 79.9. The van der Waals surface area contributed by atoms with Crippen molar-refractivity contribution in [3.63, 3.8) is 0 Å². The summed E-state index contributed by atoms with van der Waals surface area (Å²) in [5, 5.41) is 0.328. The summed E-state index contributed by atoms with van der Waals surface area (Å²) < 4.78 is 55.3. The van der Waals surface area contributed by atoms with E-state index in [0.717, 1.165) is 15.9 Å². The zero-order valence-corrected chi connectivity index (χ0v) is 24.6. The number of halogens is 6. The summed E-state index contributed by atoms with van der Waals surface area (Å²) in [7, 11) is 0. The molecule has 202 valence electrons. The van der Waals surface area contributed by atoms with Crippen molar-refractivity contribution in [3.8, 4) is 18.1 Å². The molecule has 13 heteroatoms. The number of fused-ring (bicyclic) bond motifs is 1. The molecule has 0 bridgehead atoms. The maximum atomic E-state index is 14.2. The van der Waals surface area contributed by atoms with Crippen LogP contribution < -0.4 is 19.6 Å². The van der Waals surface area contributed by atoms with Crippen LogP contribution in [0.2, 0.25) is 5.02 Å². The van der Waals surface area contributed by atoms with E-state index in [1.54, 1.807) is 12.1 Å². The summed E-state index contributed by atoms with van der Waals surface area (Å²) in [4.78, 5) is 30.1. The van der Waals surface area contributed by atoms with E-state index in [9.17, 15) is 22.8 Å². The van der Waals surface area contributed by atoms with E-state index >= 15 is 0 Å². The summed E-state index contributed by atoms with van der Waals surface area (Å²) >= 11 is 13.5. The maximum Gasteiger partial charge on any atom is 0.434 e. The van der Waals surface area contributed by atoms with E-state index in [4.69, 9.17) is 27.5 Å². The molecule has 0 radical (unpaired) electrons. The van der Waals surface area contributed by atoms with Crippen LogP contribution in [0.25, 0.3) is 6.08 Å². The van der Waals surface area contributed by atoms with Gasteiger partial charge in [-0.3, -0.25) is 9.36 Å². The Bertz CT molecular complexity index is 1680. The molecule has 1 atom stereocenters. The summed E-state index contributed by atoms with van der Waals surface area (Å²) in [5.74, 6) is 1.59. The Morgan fingerprint density at radius 1 is 1.26 bits per heavy atom. The van der Waals surface area contributed by atoms with E-state index < -0.39 is 35.0 Å². The van der Waals surface area contributed by atoms with Crippen molar-refractivity contribution in [1.82, 2.24) is 4.57 Å². The van der Waals surface area contributed by atoms with E-state index in [1.807, 2.05) is 0 Å². The molecule has 39 heavy (non-hydrogen) atoms. The van der Waals surface area contributed by atoms with Gasteiger partial charge in [-0.05, 0) is 80.3 Å². The van der Waals surface area contributed by atoms with Gasteiger partial charge < -0.3 is 9.47 Å². The molecule has 3 aromatic rings. The SMILES string of the molecule is C#CCOc1c(Br)cc(/C=c2\sc3n(c2=O)[C@@H](c2ccc(Cl)cc2)C(C(=O)OCC)=C(C(F)(F)F)N=3)cc1Br. The van der Waals surface area contributed by atoms with E-state index in [-0.39, 0.29) is 28.1 Å². The number of allylic oxidation sites excluding steroid dienone is 1. The number of alkyl halides is 3. The number of hydrogen-bond acceptors (Lipinski definition) is 6. The highest BCUT2D eigenvalue weighted by Gasteiger charge is 2.45. The summed E-state index contributed by atoms with van der Waals surface area (Å²) in [6.07, 6.45) is 1.76. The number of carbonyl (C=O) groups excluding carboxylic acids is 1. The molecule has 4 rings (SSSR count). The van der Waals surface area contributed by atoms with Gasteiger partial charge in [-0.25, -0.2) is 9.79 Å². The van der Waals surface area contributed by atoms with Gasteiger partial charge in [0.15, 0.2) is 10.5 Å². The Balaban J connectivity index is 1.98. The number of hydrogen-bond donors (Lipinski definition) is 0. The van der Waals surface area contributed by atoms with Crippen LogP contribution in [0, 0.1) is 12.3 Å². The molecule has 1 aromatic heterocycles. The third-order valence-electron chi connectivity index (χ3n) is 5.40. The van der Waals surface area contributed by atoms with E-state index in [1.165, 1.54) is 37.3 Å². The van der Waals surface area contributed by atoms with E-state index in [0.29, 0.717) is 25.3 Å². The van der Waals surface area contributed by atoms with Crippen molar-refractivity contribution in [2.75, 3.05) is 13.2 Å². The van der Waals surface area contributed by atoms with Gasteiger partial charge in [-0.1, -0.05) is 41.0 Å². The average molecular weight is 705 g/mol. The van der Waals surface area contributed by atoms with Crippen molar-refractivity contribution in [1.29, 1.82) is 0 Å². The first-order valence-corrected chi connectivity index (χ1v) is 13.8. The van der Waals surface area contributed by atoms with Gasteiger partial charge >= 0.3 is 12.1 Å². The molecule has 2 heterocycles. The number of terminal acetylenes is 1. The van der Waals surface area contributed by atoms with Crippen molar-refractivity contribution in [2.45, 2.75) is 19.1 Å². The van der Waals surface area contributed by atoms with Gasteiger partial charge in [0.2, 0.25) is 0 Å². The molecule has 0 saturated carbocycles. The zero-order valence-electron chi connectivity index (χ0n) is 19.8. The number of esters is 1. The van der Waals surface area contributed by atoms with Crippen LogP contribution in [0.15, 0.2) is 66.4 Å². The lowest BCUT2D eigenvalue weighted by atomic mass is 9.95. The summed E-state index contributed by atoms with van der Waals surface area (Å²) in [5.41, 5.74) is -2.08. The predicted octanol–water partition coefficient (Wildman–Crippen LogP) is 5.53. The first kappa shape index (κ1) is 29.1. The molecular formula is C26H16Br2ClF3N2O4S. The average Bonchev–Trinajstić information content (AvgIpc) is 3.17. The van der Waals surface area contributed by atoms with Gasteiger partial charge in [0.25, 0.3) is 5.56 Å². The van der Waals surface area contributed by atoms with Crippen molar-refractivity contribution in [3.05, 3.63) is 92.5 Å². The Kier molecular flexibility index (Phi) is 8.75. The van der Waals surface area contributed by atoms with Gasteiger partial charge in [-0.15, -0.1) is 6.42 Å². The van der Waals surface area contributed by atoms with Crippen molar-refractivity contribution in [2.24, 2.45) is 4.99 Å². The Morgan fingerprint density at radius 2 is 1.90 bits per heavy atom. The Hall–Kier alpha value is -2.85. The largest absolute Gasteiger partial charge is 0.479 e. The highest BCUT2D eigenvalue weighted by Crippen LogP contribution is 2.39. The van der Waals surface area contributed by atoms with Gasteiger partial charge in [0, 0.05) is 5.02 Å². The normalized spacial score (nSPS) is 15.4. The molecule has 0 aliphatic carbocycles. The Labute approximate surface area is 245 Å². The molecule has 1 aliphatic heterocycles. The lowest BCUT2D eigenvalue weighted by Gasteiger charge is -2.26. The summed E-state index contributed by atoms with van der Waals surface area (Å²) in [6, 6.07) is 7.70. The number of rotatable bonds is 6.